The predicted octanol–water partition coefficient (Wildman–Crippen LogP) is 19.8. The van der Waals surface area contributed by atoms with Crippen molar-refractivity contribution in [3.63, 3.8) is 0 Å². The predicted molar refractivity (Wildman–Crippen MR) is 345 cm³/mol. The van der Waals surface area contributed by atoms with E-state index in [4.69, 9.17) is 18.9 Å². The van der Waals surface area contributed by atoms with Crippen molar-refractivity contribution < 1.29 is 42.9 Å². The third-order valence-electron chi connectivity index (χ3n) is 13.4. The maximum Gasteiger partial charge on any atom is 0.361 e. The summed E-state index contributed by atoms with van der Waals surface area (Å²) in [5, 5.41) is 9.73. The largest absolute Gasteiger partial charge is 0.477 e. The lowest BCUT2D eigenvalue weighted by Gasteiger charge is -2.25. The lowest BCUT2D eigenvalue weighted by molar-refractivity contribution is -0.870. The first-order valence-corrected chi connectivity index (χ1v) is 32.3. The summed E-state index contributed by atoms with van der Waals surface area (Å²) in [4.78, 5) is 37.6. The summed E-state index contributed by atoms with van der Waals surface area (Å²) >= 11 is 0. The monoisotopic (exact) mass is 1130 g/mol. The van der Waals surface area contributed by atoms with E-state index in [0.717, 1.165) is 116 Å². The molecule has 0 bridgehead atoms. The number of quaternary nitrogens is 1. The van der Waals surface area contributed by atoms with E-state index >= 15 is 0 Å². The molecule has 0 aliphatic carbocycles. The number of hydrogen-bond donors (Lipinski definition) is 1. The Labute approximate surface area is 497 Å². The zero-order valence-corrected chi connectivity index (χ0v) is 52.4. The summed E-state index contributed by atoms with van der Waals surface area (Å²) in [6, 6.07) is 0. The van der Waals surface area contributed by atoms with Gasteiger partial charge in [-0.05, 0) is 109 Å². The number of rotatable bonds is 58. The summed E-state index contributed by atoms with van der Waals surface area (Å²) in [6.07, 6.45) is 85.4. The second-order valence-corrected chi connectivity index (χ2v) is 22.3. The van der Waals surface area contributed by atoms with Crippen LogP contribution in [0.2, 0.25) is 0 Å². The fraction of sp³-hybridized carbons (Fsp3) is 0.653. The summed E-state index contributed by atoms with van der Waals surface area (Å²) in [5.41, 5.74) is 0. The second kappa shape index (κ2) is 61.5. The molecule has 9 nitrogen and oxygen atoms in total. The molecule has 0 aromatic rings. The van der Waals surface area contributed by atoms with Crippen LogP contribution in [0.5, 0.6) is 0 Å². The molecule has 0 aromatic heterocycles. The number of aliphatic carboxylic acids is 1. The molecule has 9 heteroatoms. The van der Waals surface area contributed by atoms with Crippen LogP contribution in [0.1, 0.15) is 245 Å². The zero-order valence-electron chi connectivity index (χ0n) is 52.4. The molecule has 0 heterocycles. The molecular formula is C72H120NO8+. The number of carboxylic acids is 1. The highest BCUT2D eigenvalue weighted by Crippen LogP contribution is 2.16. The molecule has 0 saturated heterocycles. The van der Waals surface area contributed by atoms with Gasteiger partial charge in [0, 0.05) is 12.8 Å². The van der Waals surface area contributed by atoms with Crippen molar-refractivity contribution in [2.24, 2.45) is 0 Å². The number of allylic oxidation sites excluding steroid dienone is 22. The standard InChI is InChI=1S/C72H119NO8/c1-6-8-10-12-14-16-18-20-22-24-26-28-30-32-34-35-37-38-40-42-44-46-48-50-52-54-56-58-60-62-69(74)79-66-68(67-80-72(71(76)77)78-65-64-73(3,4)5)81-70(75)63-61-59-57-55-53-51-49-47-45-43-41-39-36-33-31-29-27-25-23-21-19-17-15-13-11-9-7-2/h8-11,14-17,20-23,26-29,32-34,36,41,43,68,72H,6-7,12-13,18-19,24-25,30-31,35,37-40,42,44-67H2,1-5H3/p+1/b10-8-,11-9-,16-14-,17-15-,22-20-,23-21-,28-26-,29-27-,34-32-,36-33-,43-41-. The minimum atomic E-state index is -1.52. The average Bonchev–Trinajstić information content (AvgIpc) is 3.44. The van der Waals surface area contributed by atoms with Gasteiger partial charge in [0.05, 0.1) is 34.4 Å². The Morgan fingerprint density at radius 2 is 0.667 bits per heavy atom. The fourth-order valence-electron chi connectivity index (χ4n) is 8.51. The topological polar surface area (TPSA) is 108 Å². The SMILES string of the molecule is CC/C=C\C/C=C\C/C=C\C/C=C\C/C=C\C/C=C\CCCCCCCCCCC(=O)OC(COC(=O)CCCCCCCCCCCCCCC/C=C\C/C=C\C/C=C\C/C=C\C/C=C\CC)COC(OCC[N+](C)(C)C)C(=O)O. The number of carbonyl (C=O) groups excluding carboxylic acids is 2. The highest BCUT2D eigenvalue weighted by atomic mass is 16.7. The number of esters is 2. The van der Waals surface area contributed by atoms with Gasteiger partial charge in [0.1, 0.15) is 13.2 Å². The highest BCUT2D eigenvalue weighted by Gasteiger charge is 2.25. The van der Waals surface area contributed by atoms with E-state index in [1.54, 1.807) is 0 Å². The van der Waals surface area contributed by atoms with E-state index in [2.05, 4.69) is 148 Å². The Kier molecular flexibility index (Phi) is 58.0. The molecule has 0 rings (SSSR count). The Bertz CT molecular complexity index is 1790. The van der Waals surface area contributed by atoms with Gasteiger partial charge in [-0.25, -0.2) is 4.79 Å². The third kappa shape index (κ3) is 62.9. The van der Waals surface area contributed by atoms with E-state index in [9.17, 15) is 19.5 Å². The number of nitrogens with zero attached hydrogens (tertiary/aromatic N) is 1. The van der Waals surface area contributed by atoms with Gasteiger partial charge < -0.3 is 28.5 Å². The number of ether oxygens (including phenoxy) is 4. The van der Waals surface area contributed by atoms with E-state index < -0.39 is 24.3 Å². The molecule has 0 aliphatic rings. The third-order valence-corrected chi connectivity index (χ3v) is 13.4. The van der Waals surface area contributed by atoms with Crippen LogP contribution in [0.3, 0.4) is 0 Å². The van der Waals surface area contributed by atoms with Crippen molar-refractivity contribution in [3.8, 4) is 0 Å². The number of likely N-dealkylation sites (N-methyl/N-ethyl adjacent to an activating group) is 1. The number of carbonyl (C=O) groups is 3. The molecule has 0 aliphatic heterocycles. The highest BCUT2D eigenvalue weighted by molar-refractivity contribution is 5.71. The smallest absolute Gasteiger partial charge is 0.361 e. The molecule has 460 valence electrons. The molecule has 0 spiro atoms. The van der Waals surface area contributed by atoms with Crippen LogP contribution in [-0.4, -0.2) is 87.4 Å². The molecule has 81 heavy (non-hydrogen) atoms. The van der Waals surface area contributed by atoms with Gasteiger partial charge >= 0.3 is 17.9 Å². The van der Waals surface area contributed by atoms with Crippen molar-refractivity contribution in [1.29, 1.82) is 0 Å². The van der Waals surface area contributed by atoms with Gasteiger partial charge in [-0.2, -0.15) is 0 Å². The first-order valence-electron chi connectivity index (χ1n) is 32.3. The Hall–Kier alpha value is -4.57. The molecule has 1 N–H and O–H groups in total. The second-order valence-electron chi connectivity index (χ2n) is 22.3. The summed E-state index contributed by atoms with van der Waals surface area (Å²) in [5.74, 6) is -2.03. The van der Waals surface area contributed by atoms with E-state index in [0.29, 0.717) is 23.9 Å². The Balaban J connectivity index is 4.22. The van der Waals surface area contributed by atoms with Crippen LogP contribution in [-0.2, 0) is 33.3 Å². The molecule has 0 fully saturated rings. The van der Waals surface area contributed by atoms with E-state index in [1.807, 2.05) is 21.1 Å². The summed E-state index contributed by atoms with van der Waals surface area (Å²) in [6.45, 7) is 4.64. The Morgan fingerprint density at radius 3 is 0.988 bits per heavy atom. The quantitative estimate of drug-likeness (QED) is 0.0211. The fourth-order valence-corrected chi connectivity index (χ4v) is 8.51. The average molecular weight is 1130 g/mol. The number of hydrogen-bond acceptors (Lipinski definition) is 7. The van der Waals surface area contributed by atoms with Crippen LogP contribution >= 0.6 is 0 Å². The van der Waals surface area contributed by atoms with Crippen LogP contribution < -0.4 is 0 Å². The number of carboxylic acid groups (broad SMARTS) is 1. The van der Waals surface area contributed by atoms with Crippen molar-refractivity contribution in [1.82, 2.24) is 0 Å². The number of unbranched alkanes of at least 4 members (excludes halogenated alkanes) is 21. The van der Waals surface area contributed by atoms with Crippen LogP contribution in [0.4, 0.5) is 0 Å². The van der Waals surface area contributed by atoms with Crippen molar-refractivity contribution in [2.75, 3.05) is 47.5 Å². The first kappa shape index (κ1) is 76.4. The molecule has 0 saturated carbocycles. The van der Waals surface area contributed by atoms with Gasteiger partial charge in [-0.1, -0.05) is 257 Å². The van der Waals surface area contributed by atoms with Gasteiger partial charge in [0.15, 0.2) is 6.10 Å². The maximum atomic E-state index is 12.9. The van der Waals surface area contributed by atoms with Gasteiger partial charge in [-0.15, -0.1) is 0 Å². The van der Waals surface area contributed by atoms with Crippen LogP contribution in [0.15, 0.2) is 134 Å². The van der Waals surface area contributed by atoms with Crippen molar-refractivity contribution in [3.05, 3.63) is 134 Å². The van der Waals surface area contributed by atoms with Gasteiger partial charge in [-0.3, -0.25) is 9.59 Å². The molecule has 2 unspecified atom stereocenters. The molecule has 0 aromatic carbocycles. The zero-order chi connectivity index (χ0) is 59.1. The minimum Gasteiger partial charge on any atom is -0.477 e. The lowest BCUT2D eigenvalue weighted by atomic mass is 10.0. The normalized spacial score (nSPS) is 13.6. The van der Waals surface area contributed by atoms with E-state index in [1.165, 1.54) is 96.3 Å². The maximum absolute atomic E-state index is 12.9. The first-order chi connectivity index (χ1) is 39.6. The minimum absolute atomic E-state index is 0.179. The van der Waals surface area contributed by atoms with Crippen molar-refractivity contribution in [2.45, 2.75) is 257 Å². The lowest BCUT2D eigenvalue weighted by Crippen LogP contribution is -2.40. The summed E-state index contributed by atoms with van der Waals surface area (Å²) < 4.78 is 22.9. The van der Waals surface area contributed by atoms with E-state index in [-0.39, 0.29) is 32.2 Å². The molecule has 0 amide bonds. The van der Waals surface area contributed by atoms with Gasteiger partial charge in [0.25, 0.3) is 6.29 Å². The summed E-state index contributed by atoms with van der Waals surface area (Å²) in [7, 11) is 5.96. The molecule has 0 radical (unpaired) electrons. The van der Waals surface area contributed by atoms with Crippen LogP contribution in [0.25, 0.3) is 0 Å². The molecular weight excluding hydrogens is 1010 g/mol. The van der Waals surface area contributed by atoms with Gasteiger partial charge in [0.2, 0.25) is 0 Å². The van der Waals surface area contributed by atoms with Crippen LogP contribution in [0, 0.1) is 0 Å². The van der Waals surface area contributed by atoms with Crippen molar-refractivity contribution >= 4 is 17.9 Å². The Morgan fingerprint density at radius 1 is 0.370 bits per heavy atom. The molecule has 2 atom stereocenters.